The normalized spacial score (nSPS) is 13.1. The molecule has 4 heteroatoms. The van der Waals surface area contributed by atoms with E-state index in [2.05, 4.69) is 6.92 Å². The topological polar surface area (TPSA) is 37.4 Å². The van der Waals surface area contributed by atoms with Gasteiger partial charge in [0.2, 0.25) is 10.0 Å². The second-order valence-electron chi connectivity index (χ2n) is 6.55. The zero-order valence-corrected chi connectivity index (χ0v) is 16.1. The number of hydrogen-bond acceptors (Lipinski definition) is 2. The van der Waals surface area contributed by atoms with Gasteiger partial charge in [-0.25, -0.2) is 8.42 Å². The molecule has 0 aliphatic carbocycles. The first-order valence-corrected chi connectivity index (χ1v) is 10.6. The largest absolute Gasteiger partial charge is 0.243 e. The first-order chi connectivity index (χ1) is 12.1. The van der Waals surface area contributed by atoms with Crippen LogP contribution < -0.4 is 0 Å². The number of rotatable bonds is 10. The smallest absolute Gasteiger partial charge is 0.207 e. The fraction of sp³-hybridized carbons (Fsp3) is 0.429. The van der Waals surface area contributed by atoms with E-state index in [9.17, 15) is 8.42 Å². The Morgan fingerprint density at radius 2 is 1.48 bits per heavy atom. The fourth-order valence-corrected chi connectivity index (χ4v) is 4.65. The van der Waals surface area contributed by atoms with Crippen LogP contribution in [0.1, 0.15) is 51.5 Å². The van der Waals surface area contributed by atoms with Crippen molar-refractivity contribution in [1.82, 2.24) is 4.31 Å². The Balaban J connectivity index is 2.22. The molecule has 2 aromatic carbocycles. The van der Waals surface area contributed by atoms with Gasteiger partial charge in [-0.1, -0.05) is 81.1 Å². The second kappa shape index (κ2) is 9.73. The molecule has 0 aliphatic rings. The summed E-state index contributed by atoms with van der Waals surface area (Å²) < 4.78 is 28.0. The van der Waals surface area contributed by atoms with Gasteiger partial charge in [0.25, 0.3) is 0 Å². The molecule has 0 saturated carbocycles. The highest BCUT2D eigenvalue weighted by molar-refractivity contribution is 7.89. The molecule has 0 radical (unpaired) electrons. The molecule has 0 N–H and O–H groups in total. The lowest BCUT2D eigenvalue weighted by Crippen LogP contribution is -2.38. The van der Waals surface area contributed by atoms with E-state index in [4.69, 9.17) is 0 Å². The summed E-state index contributed by atoms with van der Waals surface area (Å²) in [6.45, 7) is 4.62. The molecule has 1 atom stereocenters. The molecule has 1 unspecified atom stereocenters. The van der Waals surface area contributed by atoms with E-state index < -0.39 is 10.0 Å². The van der Waals surface area contributed by atoms with Crippen LogP contribution in [0.2, 0.25) is 0 Å². The average Bonchev–Trinajstić information content (AvgIpc) is 2.64. The minimum atomic E-state index is -3.51. The van der Waals surface area contributed by atoms with Crippen LogP contribution in [0.5, 0.6) is 0 Å². The summed E-state index contributed by atoms with van der Waals surface area (Å²) >= 11 is 0. The van der Waals surface area contributed by atoms with Crippen molar-refractivity contribution in [2.75, 3.05) is 0 Å². The minimum Gasteiger partial charge on any atom is -0.207 e. The van der Waals surface area contributed by atoms with Gasteiger partial charge in [-0.2, -0.15) is 4.31 Å². The Hall–Kier alpha value is -1.65. The van der Waals surface area contributed by atoms with Gasteiger partial charge >= 0.3 is 0 Å². The summed E-state index contributed by atoms with van der Waals surface area (Å²) in [7, 11) is -3.51. The zero-order valence-electron chi connectivity index (χ0n) is 15.3. The maximum Gasteiger partial charge on any atom is 0.243 e. The summed E-state index contributed by atoms with van der Waals surface area (Å²) in [6.07, 6.45) is 5.50. The van der Waals surface area contributed by atoms with Crippen LogP contribution in [-0.4, -0.2) is 18.8 Å². The van der Waals surface area contributed by atoms with E-state index in [1.165, 1.54) is 12.8 Å². The van der Waals surface area contributed by atoms with E-state index in [1.807, 2.05) is 43.3 Å². The van der Waals surface area contributed by atoms with Crippen molar-refractivity contribution in [2.24, 2.45) is 0 Å². The molecule has 2 aromatic rings. The van der Waals surface area contributed by atoms with E-state index >= 15 is 0 Å². The molecule has 136 valence electrons. The first-order valence-electron chi connectivity index (χ1n) is 9.16. The Bertz CT molecular complexity index is 714. The van der Waals surface area contributed by atoms with Crippen LogP contribution >= 0.6 is 0 Å². The molecule has 0 heterocycles. The van der Waals surface area contributed by atoms with Crippen molar-refractivity contribution in [1.29, 1.82) is 0 Å². The third kappa shape index (κ3) is 5.68. The average molecular weight is 360 g/mol. The highest BCUT2D eigenvalue weighted by Gasteiger charge is 2.28. The monoisotopic (exact) mass is 359 g/mol. The first kappa shape index (κ1) is 19.7. The van der Waals surface area contributed by atoms with Gasteiger partial charge < -0.3 is 0 Å². The number of unbranched alkanes of at least 4 members (excludes halogenated alkanes) is 3. The molecule has 0 fully saturated rings. The van der Waals surface area contributed by atoms with Crippen molar-refractivity contribution in [3.63, 3.8) is 0 Å². The van der Waals surface area contributed by atoms with E-state index in [0.29, 0.717) is 11.4 Å². The highest BCUT2D eigenvalue weighted by Crippen LogP contribution is 2.23. The van der Waals surface area contributed by atoms with Gasteiger partial charge in [-0.3, -0.25) is 0 Å². The molecule has 3 nitrogen and oxygen atoms in total. The molecule has 0 aromatic heterocycles. The van der Waals surface area contributed by atoms with Crippen molar-refractivity contribution in [2.45, 2.75) is 63.4 Å². The Morgan fingerprint density at radius 1 is 0.880 bits per heavy atom. The Kier molecular flexibility index (Phi) is 7.66. The maximum atomic E-state index is 13.2. The number of sulfonamides is 1. The van der Waals surface area contributed by atoms with Gasteiger partial charge in [0.15, 0.2) is 0 Å². The van der Waals surface area contributed by atoms with Gasteiger partial charge in [-0.05, 0) is 31.0 Å². The highest BCUT2D eigenvalue weighted by atomic mass is 32.2. The number of benzene rings is 2. The number of nitrogens with zero attached hydrogens (tertiary/aromatic N) is 1. The predicted molar refractivity (Wildman–Crippen MR) is 104 cm³/mol. The third-order valence-corrected chi connectivity index (χ3v) is 6.47. The number of hydrogen-bond donors (Lipinski definition) is 0. The van der Waals surface area contributed by atoms with Crippen LogP contribution in [-0.2, 0) is 16.6 Å². The molecule has 0 saturated heterocycles. The Labute approximate surface area is 152 Å². The van der Waals surface area contributed by atoms with Crippen LogP contribution in [0.25, 0.3) is 0 Å². The molecule has 0 amide bonds. The molecule has 0 bridgehead atoms. The lowest BCUT2D eigenvalue weighted by Gasteiger charge is -2.28. The SMILES string of the molecule is CCCCCCC(C)N(Cc1ccccc1)S(=O)(=O)c1ccccc1. The lowest BCUT2D eigenvalue weighted by molar-refractivity contribution is 0.308. The Morgan fingerprint density at radius 3 is 2.08 bits per heavy atom. The molecular weight excluding hydrogens is 330 g/mol. The molecule has 25 heavy (non-hydrogen) atoms. The van der Waals surface area contributed by atoms with E-state index in [0.717, 1.165) is 24.8 Å². The summed E-state index contributed by atoms with van der Waals surface area (Å²) in [5, 5.41) is 0. The van der Waals surface area contributed by atoms with Gasteiger partial charge in [0.05, 0.1) is 4.90 Å². The second-order valence-corrected chi connectivity index (χ2v) is 8.44. The standard InChI is InChI=1S/C21H29NO2S/c1-3-4-5-8-13-19(2)22(18-20-14-9-6-10-15-20)25(23,24)21-16-11-7-12-17-21/h6-7,9-12,14-17,19H,3-5,8,13,18H2,1-2H3. The van der Waals surface area contributed by atoms with Crippen LogP contribution in [0.4, 0.5) is 0 Å². The van der Waals surface area contributed by atoms with Crippen molar-refractivity contribution in [3.05, 3.63) is 66.2 Å². The molecule has 0 aliphatic heterocycles. The van der Waals surface area contributed by atoms with Crippen molar-refractivity contribution in [3.8, 4) is 0 Å². The third-order valence-electron chi connectivity index (χ3n) is 4.50. The molecule has 2 rings (SSSR count). The van der Waals surface area contributed by atoms with E-state index in [-0.39, 0.29) is 6.04 Å². The van der Waals surface area contributed by atoms with Crippen LogP contribution in [0.15, 0.2) is 65.6 Å². The van der Waals surface area contributed by atoms with Crippen molar-refractivity contribution >= 4 is 10.0 Å². The molecule has 0 spiro atoms. The lowest BCUT2D eigenvalue weighted by atomic mass is 10.1. The van der Waals surface area contributed by atoms with Gasteiger partial charge in [0, 0.05) is 12.6 Å². The van der Waals surface area contributed by atoms with Gasteiger partial charge in [0.1, 0.15) is 0 Å². The quantitative estimate of drug-likeness (QED) is 0.544. The van der Waals surface area contributed by atoms with E-state index in [1.54, 1.807) is 28.6 Å². The van der Waals surface area contributed by atoms with Crippen molar-refractivity contribution < 1.29 is 8.42 Å². The molecular formula is C21H29NO2S. The van der Waals surface area contributed by atoms with Gasteiger partial charge in [-0.15, -0.1) is 0 Å². The summed E-state index contributed by atoms with van der Waals surface area (Å²) in [6, 6.07) is 18.6. The van der Waals surface area contributed by atoms with Crippen LogP contribution in [0, 0.1) is 0 Å². The maximum absolute atomic E-state index is 13.2. The van der Waals surface area contributed by atoms with Crippen LogP contribution in [0.3, 0.4) is 0 Å². The predicted octanol–water partition coefficient (Wildman–Crippen LogP) is 5.24. The summed E-state index contributed by atoms with van der Waals surface area (Å²) in [5.74, 6) is 0. The summed E-state index contributed by atoms with van der Waals surface area (Å²) in [5.41, 5.74) is 1.02. The summed E-state index contributed by atoms with van der Waals surface area (Å²) in [4.78, 5) is 0.367. The minimum absolute atomic E-state index is 0.0257. The zero-order chi connectivity index (χ0) is 18.1. The fourth-order valence-electron chi connectivity index (χ4n) is 2.98.